The molecule has 0 saturated carbocycles. The predicted molar refractivity (Wildman–Crippen MR) is 71.5 cm³/mol. The van der Waals surface area contributed by atoms with Gasteiger partial charge in [0.05, 0.1) is 9.79 Å². The molecule has 4 nitrogen and oxygen atoms in total. The van der Waals surface area contributed by atoms with E-state index in [0.717, 1.165) is 0 Å². The van der Waals surface area contributed by atoms with E-state index in [1.165, 1.54) is 6.92 Å². The van der Waals surface area contributed by atoms with Crippen LogP contribution < -0.4 is 0 Å². The summed E-state index contributed by atoms with van der Waals surface area (Å²) in [4.78, 5) is -0.377. The Hall–Kier alpha value is -0.300. The van der Waals surface area contributed by atoms with Gasteiger partial charge in [0.25, 0.3) is 18.1 Å². The second kappa shape index (κ2) is 4.67. The van der Waals surface area contributed by atoms with Crippen molar-refractivity contribution in [3.8, 4) is 0 Å². The van der Waals surface area contributed by atoms with Crippen LogP contribution >= 0.6 is 21.4 Å². The molecule has 8 heteroatoms. The second-order valence-corrected chi connectivity index (χ2v) is 9.04. The van der Waals surface area contributed by atoms with Gasteiger partial charge in [-0.2, -0.15) is 0 Å². The summed E-state index contributed by atoms with van der Waals surface area (Å²) in [6.07, 6.45) is 0. The molecule has 102 valence electrons. The summed E-state index contributed by atoms with van der Waals surface area (Å²) in [5.74, 6) is 0. The Balaban J connectivity index is 4.09. The Morgan fingerprint density at radius 2 is 0.889 bits per heavy atom. The third-order valence-corrected chi connectivity index (χ3v) is 6.10. The molecule has 1 aromatic carbocycles. The molecule has 0 amide bonds. The van der Waals surface area contributed by atoms with Gasteiger partial charge in [-0.15, -0.1) is 0 Å². The zero-order chi connectivity index (χ0) is 14.5. The topological polar surface area (TPSA) is 68.3 Å². The standard InChI is InChI=1S/C10H12Cl2O4S2/c1-5-6(2)9(17(11,13)14)8(4)10(7(5)3)18(12,15)16/h1-4H3. The van der Waals surface area contributed by atoms with Crippen molar-refractivity contribution in [3.05, 3.63) is 22.3 Å². The summed E-state index contributed by atoms with van der Waals surface area (Å²) in [6, 6.07) is 0. The van der Waals surface area contributed by atoms with Crippen LogP contribution in [0.25, 0.3) is 0 Å². The summed E-state index contributed by atoms with van der Waals surface area (Å²) >= 11 is 0. The molecule has 18 heavy (non-hydrogen) atoms. The Morgan fingerprint density at radius 1 is 0.611 bits per heavy atom. The molecular formula is C10H12Cl2O4S2. The maximum Gasteiger partial charge on any atom is 0.261 e. The zero-order valence-corrected chi connectivity index (χ0v) is 13.4. The lowest BCUT2D eigenvalue weighted by Gasteiger charge is -2.16. The van der Waals surface area contributed by atoms with Gasteiger partial charge in [0, 0.05) is 21.4 Å². The van der Waals surface area contributed by atoms with Gasteiger partial charge in [-0.05, 0) is 49.9 Å². The van der Waals surface area contributed by atoms with Gasteiger partial charge in [0.1, 0.15) is 0 Å². The highest BCUT2D eigenvalue weighted by molar-refractivity contribution is 8.14. The summed E-state index contributed by atoms with van der Waals surface area (Å²) in [5.41, 5.74) is 1.47. The van der Waals surface area contributed by atoms with Crippen LogP contribution in [0.4, 0.5) is 0 Å². The van der Waals surface area contributed by atoms with E-state index in [-0.39, 0.29) is 15.4 Å². The van der Waals surface area contributed by atoms with Crippen LogP contribution in [0, 0.1) is 27.7 Å². The van der Waals surface area contributed by atoms with E-state index in [0.29, 0.717) is 16.7 Å². The van der Waals surface area contributed by atoms with Crippen LogP contribution in [0.2, 0.25) is 0 Å². The van der Waals surface area contributed by atoms with Gasteiger partial charge < -0.3 is 0 Å². The summed E-state index contributed by atoms with van der Waals surface area (Å²) in [7, 11) is 2.63. The van der Waals surface area contributed by atoms with Gasteiger partial charge in [0.15, 0.2) is 0 Å². The van der Waals surface area contributed by atoms with E-state index in [1.54, 1.807) is 20.8 Å². The number of benzene rings is 1. The smallest absolute Gasteiger partial charge is 0.207 e. The highest BCUT2D eigenvalue weighted by atomic mass is 35.7. The highest BCUT2D eigenvalue weighted by Gasteiger charge is 2.28. The Morgan fingerprint density at radius 3 is 1.11 bits per heavy atom. The van der Waals surface area contributed by atoms with Crippen molar-refractivity contribution in [2.45, 2.75) is 37.5 Å². The van der Waals surface area contributed by atoms with Crippen LogP contribution in [0.5, 0.6) is 0 Å². The first-order valence-electron chi connectivity index (χ1n) is 4.88. The minimum absolute atomic E-state index is 0.0561. The molecule has 1 aromatic rings. The summed E-state index contributed by atoms with van der Waals surface area (Å²) in [6.45, 7) is 6.16. The summed E-state index contributed by atoms with van der Waals surface area (Å²) in [5, 5.41) is 0. The molecule has 0 atom stereocenters. The average Bonchev–Trinajstić information content (AvgIpc) is 2.09. The molecule has 0 aromatic heterocycles. The van der Waals surface area contributed by atoms with E-state index in [1.807, 2.05) is 0 Å². The Labute approximate surface area is 116 Å². The van der Waals surface area contributed by atoms with Crippen LogP contribution in [0.15, 0.2) is 9.79 Å². The zero-order valence-electron chi connectivity index (χ0n) is 10.2. The van der Waals surface area contributed by atoms with Crippen LogP contribution in [-0.4, -0.2) is 16.8 Å². The second-order valence-electron chi connectivity index (χ2n) is 4.03. The lowest BCUT2D eigenvalue weighted by atomic mass is 10.0. The molecule has 0 N–H and O–H groups in total. The van der Waals surface area contributed by atoms with Crippen LogP contribution in [0.1, 0.15) is 22.3 Å². The van der Waals surface area contributed by atoms with Gasteiger partial charge >= 0.3 is 0 Å². The van der Waals surface area contributed by atoms with Crippen molar-refractivity contribution in [1.82, 2.24) is 0 Å². The van der Waals surface area contributed by atoms with Crippen molar-refractivity contribution in [2.24, 2.45) is 0 Å². The fraction of sp³-hybridized carbons (Fsp3) is 0.400. The number of hydrogen-bond acceptors (Lipinski definition) is 4. The number of halogens is 2. The minimum atomic E-state index is -4.04. The molecule has 1 rings (SSSR count). The van der Waals surface area contributed by atoms with Crippen molar-refractivity contribution in [3.63, 3.8) is 0 Å². The van der Waals surface area contributed by atoms with Crippen LogP contribution in [-0.2, 0) is 18.1 Å². The minimum Gasteiger partial charge on any atom is -0.207 e. The molecule has 0 bridgehead atoms. The summed E-state index contributed by atoms with van der Waals surface area (Å²) < 4.78 is 46.2. The van der Waals surface area contributed by atoms with Gasteiger partial charge in [-0.25, -0.2) is 16.8 Å². The third-order valence-electron chi connectivity index (χ3n) is 2.98. The van der Waals surface area contributed by atoms with Gasteiger partial charge in [-0.1, -0.05) is 0 Å². The molecule has 0 aliphatic heterocycles. The first-order chi connectivity index (χ1) is 7.89. The molecule has 0 aliphatic carbocycles. The van der Waals surface area contributed by atoms with Gasteiger partial charge in [-0.3, -0.25) is 0 Å². The monoisotopic (exact) mass is 330 g/mol. The normalized spacial score (nSPS) is 12.8. The van der Waals surface area contributed by atoms with Crippen LogP contribution in [0.3, 0.4) is 0 Å². The molecule has 0 unspecified atom stereocenters. The van der Waals surface area contributed by atoms with Crippen molar-refractivity contribution >= 4 is 39.5 Å². The highest BCUT2D eigenvalue weighted by Crippen LogP contribution is 2.35. The average molecular weight is 331 g/mol. The van der Waals surface area contributed by atoms with Crippen molar-refractivity contribution in [2.75, 3.05) is 0 Å². The molecule has 0 saturated heterocycles. The first-order valence-corrected chi connectivity index (χ1v) is 9.50. The Kier molecular flexibility index (Phi) is 4.08. The molecule has 0 aliphatic rings. The largest absolute Gasteiger partial charge is 0.261 e. The first kappa shape index (κ1) is 15.8. The maximum absolute atomic E-state index is 11.5. The molecule has 0 fully saturated rings. The van der Waals surface area contributed by atoms with E-state index < -0.39 is 18.1 Å². The fourth-order valence-corrected chi connectivity index (χ4v) is 5.45. The van der Waals surface area contributed by atoms with Crippen molar-refractivity contribution < 1.29 is 16.8 Å². The third kappa shape index (κ3) is 2.66. The van der Waals surface area contributed by atoms with E-state index in [9.17, 15) is 16.8 Å². The lowest BCUT2D eigenvalue weighted by Crippen LogP contribution is -2.09. The quantitative estimate of drug-likeness (QED) is 0.782. The predicted octanol–water partition coefficient (Wildman–Crippen LogP) is 2.78. The molecular weight excluding hydrogens is 319 g/mol. The molecule has 0 heterocycles. The van der Waals surface area contributed by atoms with E-state index in [4.69, 9.17) is 21.4 Å². The number of rotatable bonds is 2. The lowest BCUT2D eigenvalue weighted by molar-refractivity contribution is 0.605. The fourth-order valence-electron chi connectivity index (χ4n) is 2.02. The van der Waals surface area contributed by atoms with Crippen molar-refractivity contribution in [1.29, 1.82) is 0 Å². The Bertz CT molecular complexity index is 660. The maximum atomic E-state index is 11.5. The van der Waals surface area contributed by atoms with E-state index >= 15 is 0 Å². The molecule has 0 radical (unpaired) electrons. The number of hydrogen-bond donors (Lipinski definition) is 0. The van der Waals surface area contributed by atoms with E-state index in [2.05, 4.69) is 0 Å². The molecule has 0 spiro atoms. The SMILES string of the molecule is Cc1c(C)c(S(=O)(=O)Cl)c(C)c(S(=O)(=O)Cl)c1C. The van der Waals surface area contributed by atoms with Gasteiger partial charge in [0.2, 0.25) is 0 Å².